The molecule has 0 radical (unpaired) electrons. The lowest BCUT2D eigenvalue weighted by molar-refractivity contribution is -0.274. The number of alkyl halides is 6. The lowest BCUT2D eigenvalue weighted by atomic mass is 10.1. The lowest BCUT2D eigenvalue weighted by Gasteiger charge is -2.12. The molecule has 0 aliphatic carbocycles. The van der Waals surface area contributed by atoms with Crippen molar-refractivity contribution in [3.63, 3.8) is 0 Å². The molecular weight excluding hydrogens is 549 g/mol. The van der Waals surface area contributed by atoms with Crippen LogP contribution in [0.1, 0.15) is 16.3 Å². The van der Waals surface area contributed by atoms with Gasteiger partial charge in [0.2, 0.25) is 0 Å². The number of thiazole rings is 1. The summed E-state index contributed by atoms with van der Waals surface area (Å²) >= 11 is 0.943. The fraction of sp³-hybridized carbons (Fsp3) is 0.412. The number of nitrogens with zero attached hydrogens (tertiary/aromatic N) is 2. The van der Waals surface area contributed by atoms with E-state index >= 15 is 0 Å². The van der Waals surface area contributed by atoms with Gasteiger partial charge >= 0.3 is 12.5 Å². The highest BCUT2D eigenvalue weighted by Gasteiger charge is 2.33. The number of benzene rings is 1. The maximum atomic E-state index is 12.5. The van der Waals surface area contributed by atoms with Gasteiger partial charge in [-0.05, 0) is 24.1 Å². The van der Waals surface area contributed by atoms with Crippen LogP contribution in [0.4, 0.5) is 26.3 Å². The first-order chi connectivity index (χ1) is 13.6. The minimum absolute atomic E-state index is 0. The molecule has 2 aromatic rings. The van der Waals surface area contributed by atoms with Crippen LogP contribution in [0.3, 0.4) is 0 Å². The van der Waals surface area contributed by atoms with Crippen LogP contribution in [-0.2, 0) is 19.0 Å². The number of hydrogen-bond donors (Lipinski definition) is 2. The number of aromatic nitrogens is 1. The lowest BCUT2D eigenvalue weighted by Crippen LogP contribution is -2.39. The highest BCUT2D eigenvalue weighted by atomic mass is 127. The third-order valence-electron chi connectivity index (χ3n) is 3.56. The number of halogens is 7. The number of rotatable bonds is 7. The normalized spacial score (nSPS) is 12.3. The van der Waals surface area contributed by atoms with Crippen LogP contribution in [0.15, 0.2) is 34.6 Å². The van der Waals surface area contributed by atoms with Crippen molar-refractivity contribution in [1.82, 2.24) is 15.6 Å². The van der Waals surface area contributed by atoms with Gasteiger partial charge in [-0.1, -0.05) is 12.1 Å². The Morgan fingerprint density at radius 2 is 1.63 bits per heavy atom. The molecule has 0 spiro atoms. The Bertz CT molecular complexity index is 808. The predicted octanol–water partition coefficient (Wildman–Crippen LogP) is 4.63. The molecule has 30 heavy (non-hydrogen) atoms. The van der Waals surface area contributed by atoms with Crippen LogP contribution in [0.5, 0.6) is 5.75 Å². The summed E-state index contributed by atoms with van der Waals surface area (Å²) in [4.78, 5) is 7.55. The van der Waals surface area contributed by atoms with Crippen molar-refractivity contribution in [2.45, 2.75) is 25.4 Å². The van der Waals surface area contributed by atoms with E-state index in [9.17, 15) is 26.3 Å². The zero-order valence-corrected chi connectivity index (χ0v) is 18.7. The van der Waals surface area contributed by atoms with Gasteiger partial charge in [-0.2, -0.15) is 13.2 Å². The molecule has 168 valence electrons. The van der Waals surface area contributed by atoms with Crippen molar-refractivity contribution in [3.8, 4) is 5.75 Å². The van der Waals surface area contributed by atoms with E-state index in [-0.39, 0.29) is 29.7 Å². The Kier molecular flexibility index (Phi) is 10.1. The summed E-state index contributed by atoms with van der Waals surface area (Å²) in [5.41, 5.74) is -0.100. The Morgan fingerprint density at radius 1 is 1.03 bits per heavy atom. The highest BCUT2D eigenvalue weighted by Crippen LogP contribution is 2.30. The van der Waals surface area contributed by atoms with Crippen molar-refractivity contribution < 1.29 is 31.1 Å². The maximum absolute atomic E-state index is 12.5. The van der Waals surface area contributed by atoms with Crippen LogP contribution in [0.2, 0.25) is 0 Å². The van der Waals surface area contributed by atoms with Gasteiger partial charge in [-0.15, -0.1) is 48.5 Å². The molecule has 0 amide bonds. The van der Waals surface area contributed by atoms with Gasteiger partial charge in [-0.25, -0.2) is 4.98 Å². The van der Waals surface area contributed by atoms with Crippen LogP contribution >= 0.6 is 35.3 Å². The molecule has 0 saturated carbocycles. The fourth-order valence-corrected chi connectivity index (χ4v) is 3.05. The molecule has 0 unspecified atom stereocenters. The topological polar surface area (TPSA) is 58.5 Å². The van der Waals surface area contributed by atoms with E-state index in [0.29, 0.717) is 36.9 Å². The molecule has 0 aliphatic rings. The second-order valence-corrected chi connectivity index (χ2v) is 6.68. The van der Waals surface area contributed by atoms with Crippen LogP contribution < -0.4 is 15.4 Å². The molecule has 1 aromatic heterocycles. The summed E-state index contributed by atoms with van der Waals surface area (Å²) in [6.07, 6.45) is -8.35. The first kappa shape index (κ1) is 26.3. The van der Waals surface area contributed by atoms with Crippen molar-refractivity contribution in [1.29, 1.82) is 0 Å². The molecule has 0 bridgehead atoms. The van der Waals surface area contributed by atoms with E-state index in [0.717, 1.165) is 22.3 Å². The smallest absolute Gasteiger partial charge is 0.406 e. The second kappa shape index (κ2) is 11.6. The number of hydrogen-bond acceptors (Lipinski definition) is 4. The molecule has 1 heterocycles. The monoisotopic (exact) mass is 568 g/mol. The van der Waals surface area contributed by atoms with Crippen LogP contribution in [0.25, 0.3) is 0 Å². The van der Waals surface area contributed by atoms with Gasteiger partial charge in [0.1, 0.15) is 5.75 Å². The van der Waals surface area contributed by atoms with E-state index in [4.69, 9.17) is 0 Å². The number of aliphatic imine (C=N–C) groups is 1. The molecule has 0 aliphatic heterocycles. The highest BCUT2D eigenvalue weighted by molar-refractivity contribution is 14.0. The Balaban J connectivity index is 0.00000450. The number of guanidine groups is 1. The maximum Gasteiger partial charge on any atom is 0.573 e. The Labute approximate surface area is 190 Å². The third kappa shape index (κ3) is 9.36. The van der Waals surface area contributed by atoms with Crippen molar-refractivity contribution >= 4 is 41.3 Å². The standard InChI is InChI=1S/C17H18F6N4OS.HI/c1-24-15(26-9-7-14-27-13(10-29-14)16(18,19)20)25-8-6-11-2-4-12(5-3-11)28-17(21,22)23;/h2-5,10H,6-9H2,1H3,(H2,24,25,26);1H. The summed E-state index contributed by atoms with van der Waals surface area (Å²) in [7, 11) is 1.55. The largest absolute Gasteiger partial charge is 0.573 e. The van der Waals surface area contributed by atoms with Crippen LogP contribution in [0, 0.1) is 0 Å². The molecule has 13 heteroatoms. The summed E-state index contributed by atoms with van der Waals surface area (Å²) < 4.78 is 77.8. The first-order valence-corrected chi connectivity index (χ1v) is 9.25. The quantitative estimate of drug-likeness (QED) is 0.222. The summed E-state index contributed by atoms with van der Waals surface area (Å²) in [5, 5.41) is 7.33. The average Bonchev–Trinajstić information content (AvgIpc) is 3.10. The van der Waals surface area contributed by atoms with Gasteiger partial charge in [0.15, 0.2) is 11.7 Å². The van der Waals surface area contributed by atoms with Gasteiger partial charge in [-0.3, -0.25) is 4.99 Å². The van der Waals surface area contributed by atoms with Crippen LogP contribution in [-0.4, -0.2) is 37.4 Å². The molecule has 2 rings (SSSR count). The zero-order valence-electron chi connectivity index (χ0n) is 15.6. The molecule has 0 fully saturated rings. The summed E-state index contributed by atoms with van der Waals surface area (Å²) in [5.74, 6) is 0.164. The first-order valence-electron chi connectivity index (χ1n) is 8.37. The Hall–Kier alpha value is -1.77. The molecule has 2 N–H and O–H groups in total. The number of nitrogens with one attached hydrogen (secondary N) is 2. The Morgan fingerprint density at radius 3 is 2.13 bits per heavy atom. The predicted molar refractivity (Wildman–Crippen MR) is 112 cm³/mol. The van der Waals surface area contributed by atoms with E-state index in [1.807, 2.05) is 0 Å². The molecule has 0 saturated heterocycles. The van der Waals surface area contributed by atoms with Gasteiger partial charge in [0.25, 0.3) is 0 Å². The molecule has 1 aromatic carbocycles. The third-order valence-corrected chi connectivity index (χ3v) is 4.47. The minimum Gasteiger partial charge on any atom is -0.406 e. The summed E-state index contributed by atoms with van der Waals surface area (Å²) in [6, 6.07) is 5.53. The van der Waals surface area contributed by atoms with Crippen molar-refractivity contribution in [2.24, 2.45) is 4.99 Å². The van der Waals surface area contributed by atoms with Crippen molar-refractivity contribution in [3.05, 3.63) is 45.9 Å². The van der Waals surface area contributed by atoms with E-state index in [1.165, 1.54) is 24.3 Å². The second-order valence-electron chi connectivity index (χ2n) is 5.74. The fourth-order valence-electron chi connectivity index (χ4n) is 2.25. The SMILES string of the molecule is CN=C(NCCc1ccc(OC(F)(F)F)cc1)NCCc1nc(C(F)(F)F)cs1.I. The van der Waals surface area contributed by atoms with Gasteiger partial charge < -0.3 is 15.4 Å². The van der Waals surface area contributed by atoms with E-state index < -0.39 is 18.2 Å². The van der Waals surface area contributed by atoms with Gasteiger partial charge in [0.05, 0.1) is 5.01 Å². The zero-order chi connectivity index (χ0) is 21.5. The summed E-state index contributed by atoms with van der Waals surface area (Å²) in [6.45, 7) is 0.794. The van der Waals surface area contributed by atoms with Crippen molar-refractivity contribution in [2.75, 3.05) is 20.1 Å². The van der Waals surface area contributed by atoms with E-state index in [1.54, 1.807) is 7.05 Å². The average molecular weight is 568 g/mol. The molecular formula is C17H19F6IN4OS. The molecule has 5 nitrogen and oxygen atoms in total. The number of ether oxygens (including phenoxy) is 1. The van der Waals surface area contributed by atoms with E-state index in [2.05, 4.69) is 25.3 Å². The van der Waals surface area contributed by atoms with Gasteiger partial charge in [0, 0.05) is 31.9 Å². The minimum atomic E-state index is -4.73. The molecule has 0 atom stereocenters.